The van der Waals surface area contributed by atoms with E-state index < -0.39 is 0 Å². The summed E-state index contributed by atoms with van der Waals surface area (Å²) >= 11 is 0. The molecule has 0 radical (unpaired) electrons. The highest BCUT2D eigenvalue weighted by Crippen LogP contribution is 2.43. The summed E-state index contributed by atoms with van der Waals surface area (Å²) in [4.78, 5) is 18.1. The zero-order chi connectivity index (χ0) is 28.7. The van der Waals surface area contributed by atoms with Crippen molar-refractivity contribution in [3.8, 4) is 5.75 Å². The maximum absolute atomic E-state index is 13.5. The molecule has 1 saturated carbocycles. The van der Waals surface area contributed by atoms with Gasteiger partial charge in [-0.05, 0) is 112 Å². The van der Waals surface area contributed by atoms with Gasteiger partial charge in [0.05, 0.1) is 19.5 Å². The summed E-state index contributed by atoms with van der Waals surface area (Å²) in [5.74, 6) is 1.20. The van der Waals surface area contributed by atoms with Gasteiger partial charge in [-0.2, -0.15) is 0 Å². The zero-order valence-electron chi connectivity index (χ0n) is 24.8. The first-order valence-corrected chi connectivity index (χ1v) is 15.5. The first-order chi connectivity index (χ1) is 19.9. The van der Waals surface area contributed by atoms with Crippen molar-refractivity contribution < 1.29 is 19.1 Å². The molecule has 0 bridgehead atoms. The molecule has 2 heterocycles. The third kappa shape index (κ3) is 7.60. The van der Waals surface area contributed by atoms with Crippen LogP contribution in [0.2, 0.25) is 0 Å². The molecular weight excluding hydrogens is 512 g/mol. The summed E-state index contributed by atoms with van der Waals surface area (Å²) in [6, 6.07) is 18.0. The Labute approximate surface area is 245 Å². The van der Waals surface area contributed by atoms with E-state index in [1.165, 1.54) is 44.1 Å². The van der Waals surface area contributed by atoms with Crippen molar-refractivity contribution in [2.45, 2.75) is 84.3 Å². The molecule has 3 aromatic rings. The number of benzene rings is 2. The van der Waals surface area contributed by atoms with Gasteiger partial charge in [-0.25, -0.2) is 0 Å². The van der Waals surface area contributed by atoms with E-state index in [-0.39, 0.29) is 18.6 Å². The van der Waals surface area contributed by atoms with Crippen LogP contribution in [0.4, 0.5) is 5.69 Å². The summed E-state index contributed by atoms with van der Waals surface area (Å²) in [5.41, 5.74) is 4.49. The molecule has 2 aromatic carbocycles. The lowest BCUT2D eigenvalue weighted by Gasteiger charge is -2.42. The van der Waals surface area contributed by atoms with Gasteiger partial charge in [-0.15, -0.1) is 0 Å². The second kappa shape index (κ2) is 13.7. The molecule has 1 N–H and O–H groups in total. The number of aliphatic hydroxyl groups is 1. The summed E-state index contributed by atoms with van der Waals surface area (Å²) in [6.45, 7) is 7.97. The maximum Gasteiger partial charge on any atom is 0.294 e. The summed E-state index contributed by atoms with van der Waals surface area (Å²) in [7, 11) is 0. The fourth-order valence-electron chi connectivity index (χ4n) is 6.83. The van der Waals surface area contributed by atoms with Crippen LogP contribution in [-0.2, 0) is 6.61 Å². The quantitative estimate of drug-likeness (QED) is 0.267. The lowest BCUT2D eigenvalue weighted by atomic mass is 9.69. The van der Waals surface area contributed by atoms with E-state index in [2.05, 4.69) is 42.2 Å². The summed E-state index contributed by atoms with van der Waals surface area (Å²) in [5, 5.41) is 9.55. The molecule has 6 heteroatoms. The Hall–Kier alpha value is -3.09. The number of furan rings is 1. The second-order valence-corrected chi connectivity index (χ2v) is 12.3. The van der Waals surface area contributed by atoms with E-state index in [0.717, 1.165) is 68.1 Å². The number of carbonyl (C=O) groups excluding carboxylic acids is 1. The maximum atomic E-state index is 13.5. The lowest BCUT2D eigenvalue weighted by Crippen LogP contribution is -2.48. The van der Waals surface area contributed by atoms with E-state index >= 15 is 0 Å². The van der Waals surface area contributed by atoms with Crippen molar-refractivity contribution in [1.29, 1.82) is 0 Å². The van der Waals surface area contributed by atoms with Gasteiger partial charge < -0.3 is 24.1 Å². The molecule has 1 saturated heterocycles. The first kappa shape index (κ1) is 29.4. The standard InChI is InChI=1S/C35H46N2O4/c1-27-8-10-30(11-9-27)37(34(39)33-7-6-21-41-33)31-12-18-36(19-13-31)20-16-35(14-4-3-5-15-35)17-22-40-32-24-28(2)23-29(25-32)26-38/h6-11,21,23-25,31,38H,3-5,12-20,22,26H2,1-2H3. The van der Waals surface area contributed by atoms with Crippen LogP contribution in [0, 0.1) is 19.3 Å². The second-order valence-electron chi connectivity index (χ2n) is 12.3. The van der Waals surface area contributed by atoms with Crippen LogP contribution < -0.4 is 9.64 Å². The van der Waals surface area contributed by atoms with Gasteiger partial charge in [-0.3, -0.25) is 4.79 Å². The van der Waals surface area contributed by atoms with Crippen LogP contribution in [0.3, 0.4) is 0 Å². The molecule has 2 aliphatic rings. The Bertz CT molecular complexity index is 1240. The third-order valence-electron chi connectivity index (χ3n) is 9.25. The minimum atomic E-state index is -0.0572. The lowest BCUT2D eigenvalue weighted by molar-refractivity contribution is 0.0895. The molecule has 1 aliphatic heterocycles. The number of aryl methyl sites for hydroxylation is 2. The molecule has 1 aliphatic carbocycles. The Balaban J connectivity index is 1.17. The van der Waals surface area contributed by atoms with Gasteiger partial charge in [0.2, 0.25) is 0 Å². The Kier molecular flexibility index (Phi) is 9.84. The highest BCUT2D eigenvalue weighted by molar-refractivity contribution is 6.04. The number of likely N-dealkylation sites (tertiary alicyclic amines) is 1. The van der Waals surface area contributed by atoms with E-state index in [4.69, 9.17) is 9.15 Å². The summed E-state index contributed by atoms with van der Waals surface area (Å²) < 4.78 is 11.7. The number of piperidine rings is 1. The Morgan fingerprint density at radius 2 is 1.76 bits per heavy atom. The molecule has 1 amide bonds. The van der Waals surface area contributed by atoms with Crippen molar-refractivity contribution in [1.82, 2.24) is 4.90 Å². The van der Waals surface area contributed by atoms with E-state index in [9.17, 15) is 9.90 Å². The van der Waals surface area contributed by atoms with Crippen molar-refractivity contribution in [2.75, 3.05) is 31.1 Å². The molecule has 41 heavy (non-hydrogen) atoms. The molecule has 1 aromatic heterocycles. The van der Waals surface area contributed by atoms with Crippen molar-refractivity contribution in [3.63, 3.8) is 0 Å². The van der Waals surface area contributed by atoms with E-state index in [1.807, 2.05) is 24.0 Å². The van der Waals surface area contributed by atoms with Crippen LogP contribution >= 0.6 is 0 Å². The molecule has 0 unspecified atom stereocenters. The van der Waals surface area contributed by atoms with Gasteiger partial charge in [0.1, 0.15) is 5.75 Å². The summed E-state index contributed by atoms with van der Waals surface area (Å²) in [6.07, 6.45) is 12.3. The van der Waals surface area contributed by atoms with Crippen molar-refractivity contribution in [2.24, 2.45) is 5.41 Å². The first-order valence-electron chi connectivity index (χ1n) is 15.5. The fraction of sp³-hybridized carbons (Fsp3) is 0.514. The predicted molar refractivity (Wildman–Crippen MR) is 164 cm³/mol. The third-order valence-corrected chi connectivity index (χ3v) is 9.25. The van der Waals surface area contributed by atoms with Crippen LogP contribution in [0.1, 0.15) is 85.0 Å². The Morgan fingerprint density at radius 3 is 2.44 bits per heavy atom. The molecule has 220 valence electrons. The zero-order valence-corrected chi connectivity index (χ0v) is 24.8. The number of ether oxygens (including phenoxy) is 1. The number of nitrogens with zero attached hydrogens (tertiary/aromatic N) is 2. The van der Waals surface area contributed by atoms with Gasteiger partial charge in [0.15, 0.2) is 5.76 Å². The molecule has 0 atom stereocenters. The van der Waals surface area contributed by atoms with E-state index in [0.29, 0.717) is 11.2 Å². The largest absolute Gasteiger partial charge is 0.494 e. The van der Waals surface area contributed by atoms with Gasteiger partial charge in [0.25, 0.3) is 5.91 Å². The fourth-order valence-corrected chi connectivity index (χ4v) is 6.83. The number of rotatable bonds is 11. The van der Waals surface area contributed by atoms with Crippen LogP contribution in [0.15, 0.2) is 65.3 Å². The highest BCUT2D eigenvalue weighted by atomic mass is 16.5. The molecule has 6 nitrogen and oxygen atoms in total. The predicted octanol–water partition coefficient (Wildman–Crippen LogP) is 7.31. The van der Waals surface area contributed by atoms with Gasteiger partial charge in [-0.1, -0.05) is 43.0 Å². The SMILES string of the molecule is Cc1ccc(N(C(=O)c2ccco2)C2CCN(CCC3(CCOc4cc(C)cc(CO)c4)CCCCC3)CC2)cc1. The Morgan fingerprint density at radius 1 is 1.00 bits per heavy atom. The highest BCUT2D eigenvalue weighted by Gasteiger charge is 2.34. The average molecular weight is 559 g/mol. The van der Waals surface area contributed by atoms with Crippen LogP contribution in [0.5, 0.6) is 5.75 Å². The number of aliphatic hydroxyl groups excluding tert-OH is 1. The minimum Gasteiger partial charge on any atom is -0.494 e. The van der Waals surface area contributed by atoms with Crippen molar-refractivity contribution in [3.05, 3.63) is 83.3 Å². The number of anilines is 1. The monoisotopic (exact) mass is 558 g/mol. The average Bonchev–Trinajstić information content (AvgIpc) is 3.53. The number of amides is 1. The smallest absolute Gasteiger partial charge is 0.294 e. The molecule has 0 spiro atoms. The normalized spacial score (nSPS) is 17.8. The van der Waals surface area contributed by atoms with Crippen molar-refractivity contribution >= 4 is 11.6 Å². The number of hydrogen-bond acceptors (Lipinski definition) is 5. The van der Waals surface area contributed by atoms with E-state index in [1.54, 1.807) is 18.4 Å². The number of carbonyl (C=O) groups is 1. The number of hydrogen-bond donors (Lipinski definition) is 1. The van der Waals surface area contributed by atoms with Gasteiger partial charge in [0, 0.05) is 24.8 Å². The molecular formula is C35H46N2O4. The van der Waals surface area contributed by atoms with Gasteiger partial charge >= 0.3 is 0 Å². The molecule has 2 fully saturated rings. The van der Waals surface area contributed by atoms with Crippen LogP contribution in [0.25, 0.3) is 0 Å². The topological polar surface area (TPSA) is 66.2 Å². The molecule has 5 rings (SSSR count). The minimum absolute atomic E-state index is 0.0401. The van der Waals surface area contributed by atoms with Crippen LogP contribution in [-0.4, -0.2) is 48.2 Å².